The van der Waals surface area contributed by atoms with E-state index >= 15 is 0 Å². The lowest BCUT2D eigenvalue weighted by molar-refractivity contribution is -0.385. The second kappa shape index (κ2) is 7.03. The molecule has 6 nitrogen and oxygen atoms in total. The summed E-state index contributed by atoms with van der Waals surface area (Å²) in [4.78, 5) is 14.9. The Hall–Kier alpha value is -2.15. The van der Waals surface area contributed by atoms with Gasteiger partial charge < -0.3 is 10.1 Å². The number of ether oxygens (including phenoxy) is 1. The summed E-state index contributed by atoms with van der Waals surface area (Å²) in [5.41, 5.74) is 1.84. The molecule has 112 valence electrons. The van der Waals surface area contributed by atoms with Crippen molar-refractivity contribution in [2.24, 2.45) is 0 Å². The van der Waals surface area contributed by atoms with Crippen molar-refractivity contribution in [2.45, 2.75) is 20.3 Å². The van der Waals surface area contributed by atoms with Gasteiger partial charge in [-0.2, -0.15) is 0 Å². The Morgan fingerprint density at radius 2 is 2.29 bits per heavy atom. The summed E-state index contributed by atoms with van der Waals surface area (Å²) in [6.45, 7) is 4.88. The lowest BCUT2D eigenvalue weighted by atomic mass is 10.2. The van der Waals surface area contributed by atoms with Gasteiger partial charge in [0.25, 0.3) is 0 Å². The number of thiazole rings is 1. The van der Waals surface area contributed by atoms with E-state index < -0.39 is 4.92 Å². The van der Waals surface area contributed by atoms with Crippen LogP contribution in [0.1, 0.15) is 17.6 Å². The average Bonchev–Trinajstić information content (AvgIpc) is 2.85. The van der Waals surface area contributed by atoms with Gasteiger partial charge in [0.2, 0.25) is 0 Å². The molecule has 0 atom stereocenters. The number of hydrogen-bond donors (Lipinski definition) is 1. The number of nitrogens with zero attached hydrogens (tertiary/aromatic N) is 2. The standard InChI is InChI=1S/C14H17N3O3S/c1-3-20-14-8-11(4-5-13(14)17(18)19)15-7-6-12-9-21-10(2)16-12/h4-5,8-9,15H,3,6-7H2,1-2H3. The van der Waals surface area contributed by atoms with Crippen LogP contribution in [-0.4, -0.2) is 23.1 Å². The highest BCUT2D eigenvalue weighted by Gasteiger charge is 2.15. The third kappa shape index (κ3) is 4.16. The number of hydrogen-bond acceptors (Lipinski definition) is 6. The SMILES string of the molecule is CCOc1cc(NCCc2csc(C)n2)ccc1[N+](=O)[O-]. The van der Waals surface area contributed by atoms with Crippen LogP contribution in [0.25, 0.3) is 0 Å². The monoisotopic (exact) mass is 307 g/mol. The van der Waals surface area contributed by atoms with Crippen molar-refractivity contribution in [1.29, 1.82) is 0 Å². The van der Waals surface area contributed by atoms with E-state index in [1.165, 1.54) is 6.07 Å². The fraction of sp³-hybridized carbons (Fsp3) is 0.357. The number of aromatic nitrogens is 1. The van der Waals surface area contributed by atoms with Crippen molar-refractivity contribution in [1.82, 2.24) is 4.98 Å². The topological polar surface area (TPSA) is 77.3 Å². The first-order valence-corrected chi connectivity index (χ1v) is 7.54. The first-order chi connectivity index (χ1) is 10.1. The molecule has 0 aliphatic heterocycles. The van der Waals surface area contributed by atoms with Crippen LogP contribution in [0.15, 0.2) is 23.6 Å². The Labute approximate surface area is 126 Å². The Kier molecular flexibility index (Phi) is 5.10. The van der Waals surface area contributed by atoms with Crippen LogP contribution in [0, 0.1) is 17.0 Å². The number of aryl methyl sites for hydroxylation is 1. The summed E-state index contributed by atoms with van der Waals surface area (Å²) in [6, 6.07) is 4.81. The van der Waals surface area contributed by atoms with E-state index in [9.17, 15) is 10.1 Å². The molecular weight excluding hydrogens is 290 g/mol. The van der Waals surface area contributed by atoms with Gasteiger partial charge in [-0.25, -0.2) is 4.98 Å². The predicted octanol–water partition coefficient (Wildman–Crippen LogP) is 3.41. The van der Waals surface area contributed by atoms with E-state index in [1.54, 1.807) is 30.4 Å². The maximum Gasteiger partial charge on any atom is 0.311 e. The van der Waals surface area contributed by atoms with Crippen molar-refractivity contribution < 1.29 is 9.66 Å². The van der Waals surface area contributed by atoms with E-state index in [4.69, 9.17) is 4.74 Å². The van der Waals surface area contributed by atoms with Gasteiger partial charge in [-0.3, -0.25) is 10.1 Å². The van der Waals surface area contributed by atoms with Gasteiger partial charge in [0, 0.05) is 36.2 Å². The van der Waals surface area contributed by atoms with Crippen LogP contribution < -0.4 is 10.1 Å². The molecule has 0 radical (unpaired) electrons. The zero-order chi connectivity index (χ0) is 15.2. The zero-order valence-corrected chi connectivity index (χ0v) is 12.8. The third-order valence-corrected chi connectivity index (χ3v) is 3.66. The predicted molar refractivity (Wildman–Crippen MR) is 83.3 cm³/mol. The molecule has 2 rings (SSSR count). The number of rotatable bonds is 7. The van der Waals surface area contributed by atoms with Crippen LogP contribution in [0.4, 0.5) is 11.4 Å². The lowest BCUT2D eigenvalue weighted by Crippen LogP contribution is -2.06. The highest BCUT2D eigenvalue weighted by molar-refractivity contribution is 7.09. The number of anilines is 1. The quantitative estimate of drug-likeness (QED) is 0.626. The molecule has 1 aromatic carbocycles. The second-order valence-corrected chi connectivity index (χ2v) is 5.47. The Morgan fingerprint density at radius 3 is 2.90 bits per heavy atom. The number of nitrogens with one attached hydrogen (secondary N) is 1. The number of nitro groups is 1. The zero-order valence-electron chi connectivity index (χ0n) is 12.0. The molecule has 0 aliphatic carbocycles. The molecule has 7 heteroatoms. The molecule has 2 aromatic rings. The van der Waals surface area contributed by atoms with Crippen LogP contribution >= 0.6 is 11.3 Å². The van der Waals surface area contributed by atoms with Gasteiger partial charge in [-0.15, -0.1) is 11.3 Å². The Bertz CT molecular complexity index is 628. The number of benzene rings is 1. The minimum atomic E-state index is -0.438. The summed E-state index contributed by atoms with van der Waals surface area (Å²) >= 11 is 1.63. The first-order valence-electron chi connectivity index (χ1n) is 6.66. The number of nitro benzene ring substituents is 1. The van der Waals surface area contributed by atoms with Gasteiger partial charge in [0.15, 0.2) is 5.75 Å². The molecule has 1 aromatic heterocycles. The third-order valence-electron chi connectivity index (χ3n) is 2.83. The van der Waals surface area contributed by atoms with Crippen molar-refractivity contribution in [3.8, 4) is 5.75 Å². The van der Waals surface area contributed by atoms with Gasteiger partial charge in [-0.1, -0.05) is 0 Å². The van der Waals surface area contributed by atoms with Gasteiger partial charge >= 0.3 is 5.69 Å². The Morgan fingerprint density at radius 1 is 1.48 bits per heavy atom. The van der Waals surface area contributed by atoms with E-state index in [2.05, 4.69) is 10.3 Å². The average molecular weight is 307 g/mol. The lowest BCUT2D eigenvalue weighted by Gasteiger charge is -2.09. The van der Waals surface area contributed by atoms with Crippen LogP contribution in [0.3, 0.4) is 0 Å². The molecule has 0 bridgehead atoms. The fourth-order valence-corrected chi connectivity index (χ4v) is 2.55. The highest BCUT2D eigenvalue weighted by atomic mass is 32.1. The van der Waals surface area contributed by atoms with Gasteiger partial charge in [0.05, 0.1) is 22.2 Å². The van der Waals surface area contributed by atoms with Crippen molar-refractivity contribution in [3.63, 3.8) is 0 Å². The molecule has 0 aliphatic rings. The molecule has 0 spiro atoms. The molecule has 0 saturated heterocycles. The summed E-state index contributed by atoms with van der Waals surface area (Å²) < 4.78 is 5.31. The maximum absolute atomic E-state index is 10.9. The van der Waals surface area contributed by atoms with E-state index in [0.717, 1.165) is 22.8 Å². The molecule has 0 unspecified atom stereocenters. The van der Waals surface area contributed by atoms with Crippen LogP contribution in [0.5, 0.6) is 5.75 Å². The van der Waals surface area contributed by atoms with Crippen molar-refractivity contribution in [2.75, 3.05) is 18.5 Å². The summed E-state index contributed by atoms with van der Waals surface area (Å²) in [7, 11) is 0. The normalized spacial score (nSPS) is 10.4. The largest absolute Gasteiger partial charge is 0.487 e. The van der Waals surface area contributed by atoms with Crippen LogP contribution in [0.2, 0.25) is 0 Å². The van der Waals surface area contributed by atoms with E-state index in [0.29, 0.717) is 13.2 Å². The van der Waals surface area contributed by atoms with Gasteiger partial charge in [0.1, 0.15) is 0 Å². The van der Waals surface area contributed by atoms with Gasteiger partial charge in [-0.05, 0) is 19.9 Å². The second-order valence-electron chi connectivity index (χ2n) is 4.41. The minimum absolute atomic E-state index is 0.0162. The highest BCUT2D eigenvalue weighted by Crippen LogP contribution is 2.30. The van der Waals surface area contributed by atoms with E-state index in [-0.39, 0.29) is 11.4 Å². The fourth-order valence-electron chi connectivity index (χ4n) is 1.90. The van der Waals surface area contributed by atoms with E-state index in [1.807, 2.05) is 12.3 Å². The summed E-state index contributed by atoms with van der Waals surface area (Å²) in [5, 5.41) is 17.2. The van der Waals surface area contributed by atoms with Crippen molar-refractivity contribution >= 4 is 22.7 Å². The molecule has 1 N–H and O–H groups in total. The molecular formula is C14H17N3O3S. The summed E-state index contributed by atoms with van der Waals surface area (Å²) in [6.07, 6.45) is 0.811. The first kappa shape index (κ1) is 15.2. The summed E-state index contributed by atoms with van der Waals surface area (Å²) in [5.74, 6) is 0.289. The molecule has 0 saturated carbocycles. The van der Waals surface area contributed by atoms with Crippen LogP contribution in [-0.2, 0) is 6.42 Å². The Balaban J connectivity index is 1.99. The minimum Gasteiger partial charge on any atom is -0.487 e. The molecule has 0 fully saturated rings. The molecule has 0 amide bonds. The smallest absolute Gasteiger partial charge is 0.311 e. The maximum atomic E-state index is 10.9. The van der Waals surface area contributed by atoms with Crippen molar-refractivity contribution in [3.05, 3.63) is 44.4 Å². The molecule has 1 heterocycles. The molecule has 21 heavy (non-hydrogen) atoms.